The van der Waals surface area contributed by atoms with Crippen LogP contribution in [0.3, 0.4) is 0 Å². The van der Waals surface area contributed by atoms with E-state index in [0.717, 1.165) is 10.0 Å². The van der Waals surface area contributed by atoms with Crippen molar-refractivity contribution >= 4 is 27.7 Å². The monoisotopic (exact) mass is 253 g/mol. The van der Waals surface area contributed by atoms with Gasteiger partial charge in [-0.05, 0) is 12.1 Å². The SMILES string of the molecule is O=C1CN=C(c2cccc(Br)c2)NN1. The van der Waals surface area contributed by atoms with E-state index in [9.17, 15) is 4.79 Å². The lowest BCUT2D eigenvalue weighted by atomic mass is 10.2. The Morgan fingerprint density at radius 3 is 2.86 bits per heavy atom. The molecule has 0 aromatic heterocycles. The van der Waals surface area contributed by atoms with Crippen molar-refractivity contribution in [1.82, 2.24) is 10.9 Å². The molecule has 2 rings (SSSR count). The van der Waals surface area contributed by atoms with Gasteiger partial charge in [-0.15, -0.1) is 0 Å². The van der Waals surface area contributed by atoms with Gasteiger partial charge in [0.05, 0.1) is 0 Å². The lowest BCUT2D eigenvalue weighted by Gasteiger charge is -2.15. The second-order valence-corrected chi connectivity index (χ2v) is 3.76. The number of hydrogen-bond acceptors (Lipinski definition) is 3. The summed E-state index contributed by atoms with van der Waals surface area (Å²) < 4.78 is 0.983. The highest BCUT2D eigenvalue weighted by atomic mass is 79.9. The maximum Gasteiger partial charge on any atom is 0.260 e. The van der Waals surface area contributed by atoms with Gasteiger partial charge in [0.15, 0.2) is 0 Å². The van der Waals surface area contributed by atoms with E-state index in [2.05, 4.69) is 31.8 Å². The smallest absolute Gasteiger partial charge is 0.260 e. The number of carbonyl (C=O) groups excluding carboxylic acids is 1. The molecule has 72 valence electrons. The number of amides is 1. The molecule has 0 radical (unpaired) electrons. The predicted molar refractivity (Wildman–Crippen MR) is 56.8 cm³/mol. The Hall–Kier alpha value is -1.36. The summed E-state index contributed by atoms with van der Waals surface area (Å²) in [5, 5.41) is 0. The third-order valence-electron chi connectivity index (χ3n) is 1.80. The number of rotatable bonds is 1. The fraction of sp³-hybridized carbons (Fsp3) is 0.111. The Morgan fingerprint density at radius 2 is 2.21 bits per heavy atom. The summed E-state index contributed by atoms with van der Waals surface area (Å²) in [4.78, 5) is 14.9. The van der Waals surface area contributed by atoms with Crippen LogP contribution in [0.4, 0.5) is 0 Å². The average Bonchev–Trinajstić information content (AvgIpc) is 2.19. The van der Waals surface area contributed by atoms with Crippen molar-refractivity contribution in [3.8, 4) is 0 Å². The Balaban J connectivity index is 2.27. The standard InChI is InChI=1S/C9H8BrN3O/c10-7-3-1-2-6(4-7)9-11-5-8(14)12-13-9/h1-4H,5H2,(H,11,13)(H,12,14). The molecule has 0 unspecified atom stereocenters. The minimum Gasteiger partial charge on any atom is -0.282 e. The molecule has 0 atom stereocenters. The lowest BCUT2D eigenvalue weighted by molar-refractivity contribution is -0.120. The molecule has 0 fully saturated rings. The normalized spacial score (nSPS) is 15.5. The molecule has 1 aliphatic heterocycles. The second kappa shape index (κ2) is 3.79. The van der Waals surface area contributed by atoms with E-state index in [1.165, 1.54) is 0 Å². The second-order valence-electron chi connectivity index (χ2n) is 2.85. The van der Waals surface area contributed by atoms with E-state index in [-0.39, 0.29) is 12.5 Å². The third kappa shape index (κ3) is 1.93. The molecule has 1 aromatic rings. The maximum absolute atomic E-state index is 10.8. The van der Waals surface area contributed by atoms with Crippen LogP contribution in [0.2, 0.25) is 0 Å². The van der Waals surface area contributed by atoms with E-state index in [1.54, 1.807) is 0 Å². The van der Waals surface area contributed by atoms with Gasteiger partial charge in [-0.1, -0.05) is 28.1 Å². The number of carbonyl (C=O) groups is 1. The summed E-state index contributed by atoms with van der Waals surface area (Å²) in [6, 6.07) is 7.71. The van der Waals surface area contributed by atoms with Crippen molar-refractivity contribution < 1.29 is 4.79 Å². The summed E-state index contributed by atoms with van der Waals surface area (Å²) in [6.07, 6.45) is 0. The van der Waals surface area contributed by atoms with Crippen molar-refractivity contribution in [2.45, 2.75) is 0 Å². The number of amidine groups is 1. The zero-order valence-corrected chi connectivity index (χ0v) is 8.84. The van der Waals surface area contributed by atoms with E-state index >= 15 is 0 Å². The lowest BCUT2D eigenvalue weighted by Crippen LogP contribution is -2.47. The van der Waals surface area contributed by atoms with Crippen LogP contribution in [-0.2, 0) is 4.79 Å². The van der Waals surface area contributed by atoms with Crippen LogP contribution in [0.1, 0.15) is 5.56 Å². The number of benzene rings is 1. The van der Waals surface area contributed by atoms with Crippen LogP contribution in [0.5, 0.6) is 0 Å². The molecular formula is C9H8BrN3O. The van der Waals surface area contributed by atoms with E-state index < -0.39 is 0 Å². The van der Waals surface area contributed by atoms with Crippen molar-refractivity contribution in [3.05, 3.63) is 34.3 Å². The van der Waals surface area contributed by atoms with Crippen LogP contribution in [0, 0.1) is 0 Å². The Bertz CT molecular complexity index is 403. The molecule has 1 heterocycles. The maximum atomic E-state index is 10.8. The fourth-order valence-corrected chi connectivity index (χ4v) is 1.56. The Morgan fingerprint density at radius 1 is 1.36 bits per heavy atom. The van der Waals surface area contributed by atoms with Crippen LogP contribution in [0.25, 0.3) is 0 Å². The van der Waals surface area contributed by atoms with Gasteiger partial charge in [0.1, 0.15) is 12.4 Å². The number of halogens is 1. The summed E-state index contributed by atoms with van der Waals surface area (Å²) in [6.45, 7) is 0.175. The van der Waals surface area contributed by atoms with Crippen LogP contribution >= 0.6 is 15.9 Å². The van der Waals surface area contributed by atoms with Gasteiger partial charge in [0, 0.05) is 10.0 Å². The Kier molecular flexibility index (Phi) is 2.49. The Labute approximate surface area is 89.5 Å². The van der Waals surface area contributed by atoms with Crippen molar-refractivity contribution in [2.75, 3.05) is 6.54 Å². The number of hydrogen-bond donors (Lipinski definition) is 2. The first kappa shape index (κ1) is 9.21. The molecule has 0 spiro atoms. The van der Waals surface area contributed by atoms with Gasteiger partial charge >= 0.3 is 0 Å². The number of aliphatic imine (C=N–C) groups is 1. The molecule has 0 bridgehead atoms. The van der Waals surface area contributed by atoms with Gasteiger partial charge in [-0.3, -0.25) is 20.6 Å². The van der Waals surface area contributed by atoms with Crippen molar-refractivity contribution in [3.63, 3.8) is 0 Å². The number of hydrazine groups is 1. The van der Waals surface area contributed by atoms with Crippen LogP contribution < -0.4 is 10.9 Å². The minimum absolute atomic E-state index is 0.122. The van der Waals surface area contributed by atoms with E-state index in [1.807, 2.05) is 24.3 Å². The summed E-state index contributed by atoms with van der Waals surface area (Å²) in [5.41, 5.74) is 6.20. The number of nitrogens with one attached hydrogen (secondary N) is 2. The van der Waals surface area contributed by atoms with Crippen LogP contribution in [-0.4, -0.2) is 18.3 Å². The van der Waals surface area contributed by atoms with Crippen molar-refractivity contribution in [1.29, 1.82) is 0 Å². The van der Waals surface area contributed by atoms with Gasteiger partial charge in [0.2, 0.25) is 0 Å². The van der Waals surface area contributed by atoms with Gasteiger partial charge in [-0.2, -0.15) is 0 Å². The fourth-order valence-electron chi connectivity index (χ4n) is 1.16. The molecule has 2 N–H and O–H groups in total. The van der Waals surface area contributed by atoms with Crippen LogP contribution in [0.15, 0.2) is 33.7 Å². The van der Waals surface area contributed by atoms with Gasteiger partial charge in [0.25, 0.3) is 5.91 Å². The molecule has 1 aromatic carbocycles. The van der Waals surface area contributed by atoms with E-state index in [0.29, 0.717) is 5.84 Å². The average molecular weight is 254 g/mol. The quantitative estimate of drug-likeness (QED) is 0.779. The highest BCUT2D eigenvalue weighted by molar-refractivity contribution is 9.10. The zero-order chi connectivity index (χ0) is 9.97. The molecule has 14 heavy (non-hydrogen) atoms. The third-order valence-corrected chi connectivity index (χ3v) is 2.29. The molecule has 0 saturated heterocycles. The molecule has 1 amide bonds. The van der Waals surface area contributed by atoms with E-state index in [4.69, 9.17) is 0 Å². The highest BCUT2D eigenvalue weighted by Gasteiger charge is 2.10. The molecule has 0 aliphatic carbocycles. The largest absolute Gasteiger partial charge is 0.282 e. The molecule has 5 heteroatoms. The number of nitrogens with zero attached hydrogens (tertiary/aromatic N) is 1. The topological polar surface area (TPSA) is 53.5 Å². The summed E-state index contributed by atoms with van der Waals surface area (Å²) in [5.74, 6) is 0.564. The minimum atomic E-state index is -0.122. The predicted octanol–water partition coefficient (Wildman–Crippen LogP) is 0.830. The zero-order valence-electron chi connectivity index (χ0n) is 7.25. The first-order chi connectivity index (χ1) is 6.75. The molecule has 0 saturated carbocycles. The summed E-state index contributed by atoms with van der Waals surface area (Å²) in [7, 11) is 0. The summed E-state index contributed by atoms with van der Waals surface area (Å²) >= 11 is 3.37. The van der Waals surface area contributed by atoms with Gasteiger partial charge < -0.3 is 0 Å². The first-order valence-electron chi connectivity index (χ1n) is 4.11. The first-order valence-corrected chi connectivity index (χ1v) is 4.90. The molecule has 4 nitrogen and oxygen atoms in total. The molecular weight excluding hydrogens is 246 g/mol. The highest BCUT2D eigenvalue weighted by Crippen LogP contribution is 2.12. The van der Waals surface area contributed by atoms with Crippen molar-refractivity contribution in [2.24, 2.45) is 4.99 Å². The van der Waals surface area contributed by atoms with Gasteiger partial charge in [-0.25, -0.2) is 0 Å². The molecule has 1 aliphatic rings.